The number of hydrogen-bond acceptors (Lipinski definition) is 4. The van der Waals surface area contributed by atoms with Crippen LogP contribution in [0.4, 0.5) is 5.82 Å². The summed E-state index contributed by atoms with van der Waals surface area (Å²) in [6.45, 7) is 3.75. The van der Waals surface area contributed by atoms with Crippen molar-refractivity contribution in [3.05, 3.63) is 17.6 Å². The lowest BCUT2D eigenvalue weighted by atomic mass is 10.0. The van der Waals surface area contributed by atoms with Crippen LogP contribution < -0.4 is 5.32 Å². The lowest BCUT2D eigenvalue weighted by Crippen LogP contribution is -2.30. The third kappa shape index (κ3) is 2.54. The van der Waals surface area contributed by atoms with Crippen molar-refractivity contribution in [2.75, 3.05) is 5.32 Å². The van der Waals surface area contributed by atoms with Gasteiger partial charge in [-0.3, -0.25) is 9.78 Å². The number of hydrogen-bond donors (Lipinski definition) is 2. The van der Waals surface area contributed by atoms with Gasteiger partial charge >= 0.3 is 5.97 Å². The van der Waals surface area contributed by atoms with Gasteiger partial charge in [0.2, 0.25) is 0 Å². The van der Waals surface area contributed by atoms with Crippen LogP contribution in [0.1, 0.15) is 30.7 Å². The largest absolute Gasteiger partial charge is 0.481 e. The SMILES string of the molecule is Cc1cnc(C)c(NC2CCCC2C(=O)O)n1. The molecule has 2 rings (SSSR count). The van der Waals surface area contributed by atoms with E-state index in [-0.39, 0.29) is 12.0 Å². The minimum Gasteiger partial charge on any atom is -0.481 e. The summed E-state index contributed by atoms with van der Waals surface area (Å²) in [7, 11) is 0. The standard InChI is InChI=1S/C12H17N3O2/c1-7-6-13-8(2)11(14-7)15-10-5-3-4-9(10)12(16)17/h6,9-10H,3-5H2,1-2H3,(H,14,15)(H,16,17). The molecule has 17 heavy (non-hydrogen) atoms. The van der Waals surface area contributed by atoms with Gasteiger partial charge in [-0.2, -0.15) is 0 Å². The predicted molar refractivity (Wildman–Crippen MR) is 63.9 cm³/mol. The van der Waals surface area contributed by atoms with Crippen LogP contribution in [-0.4, -0.2) is 27.1 Å². The number of anilines is 1. The Kier molecular flexibility index (Phi) is 3.26. The van der Waals surface area contributed by atoms with Crippen LogP contribution in [0.5, 0.6) is 0 Å². The highest BCUT2D eigenvalue weighted by molar-refractivity contribution is 5.72. The molecule has 0 radical (unpaired) electrons. The van der Waals surface area contributed by atoms with Gasteiger partial charge in [0, 0.05) is 12.2 Å². The number of aliphatic carboxylic acids is 1. The van der Waals surface area contributed by atoms with Crippen molar-refractivity contribution in [1.82, 2.24) is 9.97 Å². The highest BCUT2D eigenvalue weighted by Gasteiger charge is 2.33. The fourth-order valence-corrected chi connectivity index (χ4v) is 2.28. The average molecular weight is 235 g/mol. The third-order valence-electron chi connectivity index (χ3n) is 3.23. The van der Waals surface area contributed by atoms with E-state index in [9.17, 15) is 4.79 Å². The van der Waals surface area contributed by atoms with Gasteiger partial charge < -0.3 is 10.4 Å². The molecule has 5 heteroatoms. The average Bonchev–Trinajstić information content (AvgIpc) is 2.71. The molecule has 2 atom stereocenters. The van der Waals surface area contributed by atoms with Crippen LogP contribution in [0.2, 0.25) is 0 Å². The highest BCUT2D eigenvalue weighted by Crippen LogP contribution is 2.28. The summed E-state index contributed by atoms with van der Waals surface area (Å²) in [4.78, 5) is 19.7. The first-order valence-electron chi connectivity index (χ1n) is 5.87. The van der Waals surface area contributed by atoms with E-state index in [1.165, 1.54) is 0 Å². The summed E-state index contributed by atoms with van der Waals surface area (Å²) >= 11 is 0. The second kappa shape index (κ2) is 4.69. The van der Waals surface area contributed by atoms with Crippen molar-refractivity contribution in [3.8, 4) is 0 Å². The summed E-state index contributed by atoms with van der Waals surface area (Å²) in [6, 6.07) is -0.0256. The Morgan fingerprint density at radius 1 is 1.47 bits per heavy atom. The number of nitrogens with zero attached hydrogens (tertiary/aromatic N) is 2. The Hall–Kier alpha value is -1.65. The molecular formula is C12H17N3O2. The quantitative estimate of drug-likeness (QED) is 0.835. The van der Waals surface area contributed by atoms with Gasteiger partial charge in [0.25, 0.3) is 0 Å². The van der Waals surface area contributed by atoms with Gasteiger partial charge in [0.1, 0.15) is 5.82 Å². The summed E-state index contributed by atoms with van der Waals surface area (Å²) in [5.41, 5.74) is 1.65. The first-order chi connectivity index (χ1) is 8.08. The van der Waals surface area contributed by atoms with Gasteiger partial charge in [0.15, 0.2) is 0 Å². The zero-order valence-corrected chi connectivity index (χ0v) is 10.1. The number of aryl methyl sites for hydroxylation is 2. The number of nitrogens with one attached hydrogen (secondary N) is 1. The molecule has 0 aliphatic heterocycles. The maximum Gasteiger partial charge on any atom is 0.308 e. The zero-order valence-electron chi connectivity index (χ0n) is 10.1. The topological polar surface area (TPSA) is 75.1 Å². The van der Waals surface area contributed by atoms with Gasteiger partial charge in [-0.05, 0) is 26.7 Å². The van der Waals surface area contributed by atoms with Crippen molar-refractivity contribution in [2.24, 2.45) is 5.92 Å². The van der Waals surface area contributed by atoms with Crippen molar-refractivity contribution in [2.45, 2.75) is 39.2 Å². The predicted octanol–water partition coefficient (Wildman–Crippen LogP) is 1.76. The van der Waals surface area contributed by atoms with Crippen LogP contribution in [-0.2, 0) is 4.79 Å². The van der Waals surface area contributed by atoms with E-state index < -0.39 is 5.97 Å². The Bertz CT molecular complexity index is 434. The van der Waals surface area contributed by atoms with E-state index in [2.05, 4.69) is 15.3 Å². The molecule has 1 aromatic rings. The summed E-state index contributed by atoms with van der Waals surface area (Å²) < 4.78 is 0. The van der Waals surface area contributed by atoms with E-state index in [4.69, 9.17) is 5.11 Å². The number of carbonyl (C=O) groups is 1. The molecule has 92 valence electrons. The van der Waals surface area contributed by atoms with E-state index in [1.54, 1.807) is 6.20 Å². The molecular weight excluding hydrogens is 218 g/mol. The Morgan fingerprint density at radius 3 is 2.94 bits per heavy atom. The van der Waals surface area contributed by atoms with E-state index in [1.807, 2.05) is 13.8 Å². The Balaban J connectivity index is 2.15. The number of rotatable bonds is 3. The summed E-state index contributed by atoms with van der Waals surface area (Å²) in [6.07, 6.45) is 4.29. The minimum absolute atomic E-state index is 0.0256. The monoisotopic (exact) mass is 235 g/mol. The number of carboxylic acids is 1. The fraction of sp³-hybridized carbons (Fsp3) is 0.583. The molecule has 1 fully saturated rings. The maximum atomic E-state index is 11.1. The lowest BCUT2D eigenvalue weighted by molar-refractivity contribution is -0.141. The van der Waals surface area contributed by atoms with E-state index in [0.717, 1.165) is 30.7 Å². The normalized spacial score (nSPS) is 23.6. The van der Waals surface area contributed by atoms with Crippen LogP contribution in [0.25, 0.3) is 0 Å². The molecule has 1 heterocycles. The van der Waals surface area contributed by atoms with Gasteiger partial charge in [-0.1, -0.05) is 6.42 Å². The molecule has 5 nitrogen and oxygen atoms in total. The second-order valence-electron chi connectivity index (χ2n) is 4.57. The highest BCUT2D eigenvalue weighted by atomic mass is 16.4. The molecule has 2 unspecified atom stereocenters. The van der Waals surface area contributed by atoms with Gasteiger partial charge in [-0.15, -0.1) is 0 Å². The molecule has 1 aliphatic rings. The molecule has 2 N–H and O–H groups in total. The smallest absolute Gasteiger partial charge is 0.308 e. The Morgan fingerprint density at radius 2 is 2.24 bits per heavy atom. The molecule has 1 aromatic heterocycles. The third-order valence-corrected chi connectivity index (χ3v) is 3.23. The molecule has 0 aromatic carbocycles. The van der Waals surface area contributed by atoms with Crippen LogP contribution in [0, 0.1) is 19.8 Å². The summed E-state index contributed by atoms with van der Waals surface area (Å²) in [5.74, 6) is -0.321. The number of carboxylic acid groups (broad SMARTS) is 1. The lowest BCUT2D eigenvalue weighted by Gasteiger charge is -2.19. The fourth-order valence-electron chi connectivity index (χ4n) is 2.28. The van der Waals surface area contributed by atoms with Crippen molar-refractivity contribution in [3.63, 3.8) is 0 Å². The summed E-state index contributed by atoms with van der Waals surface area (Å²) in [5, 5.41) is 12.3. The molecule has 1 aliphatic carbocycles. The molecule has 0 amide bonds. The van der Waals surface area contributed by atoms with Crippen LogP contribution in [0.3, 0.4) is 0 Å². The minimum atomic E-state index is -0.724. The first kappa shape index (κ1) is 11.8. The molecule has 1 saturated carbocycles. The van der Waals surface area contributed by atoms with Gasteiger partial charge in [0.05, 0.1) is 17.3 Å². The number of aromatic nitrogens is 2. The molecule has 0 saturated heterocycles. The maximum absolute atomic E-state index is 11.1. The van der Waals surface area contributed by atoms with Crippen LogP contribution >= 0.6 is 0 Å². The second-order valence-corrected chi connectivity index (χ2v) is 4.57. The van der Waals surface area contributed by atoms with Crippen LogP contribution in [0.15, 0.2) is 6.20 Å². The first-order valence-corrected chi connectivity index (χ1v) is 5.87. The van der Waals surface area contributed by atoms with Crippen molar-refractivity contribution in [1.29, 1.82) is 0 Å². The van der Waals surface area contributed by atoms with Crippen molar-refractivity contribution < 1.29 is 9.90 Å². The molecule has 0 bridgehead atoms. The Labute approximate surface area is 100 Å². The molecule has 0 spiro atoms. The van der Waals surface area contributed by atoms with E-state index in [0.29, 0.717) is 5.82 Å². The van der Waals surface area contributed by atoms with E-state index >= 15 is 0 Å². The van der Waals surface area contributed by atoms with Gasteiger partial charge in [-0.25, -0.2) is 4.98 Å². The van der Waals surface area contributed by atoms with Crippen molar-refractivity contribution >= 4 is 11.8 Å². The zero-order chi connectivity index (χ0) is 12.4.